The molecule has 0 saturated carbocycles. The molecule has 0 spiro atoms. The third-order valence-electron chi connectivity index (χ3n) is 2.18. The van der Waals surface area contributed by atoms with Crippen LogP contribution in [0, 0.1) is 0 Å². The third-order valence-corrected chi connectivity index (χ3v) is 2.18. The fourth-order valence-electron chi connectivity index (χ4n) is 1.49. The molecule has 0 atom stereocenters. The standard InChI is InChI=1S/C11H26N4O/c1-4-8-15(9-5-2)11(14-12)13-7-6-10-16-3/h4-10,12H2,1-3H3,(H,13,14). The maximum absolute atomic E-state index is 5.50. The second-order valence-electron chi connectivity index (χ2n) is 3.68. The van der Waals surface area contributed by atoms with Gasteiger partial charge in [-0.3, -0.25) is 10.4 Å². The van der Waals surface area contributed by atoms with E-state index in [1.165, 1.54) is 0 Å². The van der Waals surface area contributed by atoms with Crippen LogP contribution in [0.25, 0.3) is 0 Å². The molecule has 5 nitrogen and oxygen atoms in total. The maximum atomic E-state index is 5.50. The lowest BCUT2D eigenvalue weighted by Crippen LogP contribution is -2.45. The summed E-state index contributed by atoms with van der Waals surface area (Å²) in [6.45, 7) is 7.77. The molecule has 3 N–H and O–H groups in total. The van der Waals surface area contributed by atoms with Crippen LogP contribution in [0.4, 0.5) is 0 Å². The number of rotatable bonds is 8. The summed E-state index contributed by atoms with van der Waals surface area (Å²) < 4.78 is 4.98. The summed E-state index contributed by atoms with van der Waals surface area (Å²) in [5.74, 6) is 6.29. The van der Waals surface area contributed by atoms with Crippen LogP contribution in [0.5, 0.6) is 0 Å². The highest BCUT2D eigenvalue weighted by Gasteiger charge is 2.07. The van der Waals surface area contributed by atoms with Gasteiger partial charge in [-0.15, -0.1) is 0 Å². The first kappa shape index (κ1) is 15.2. The SMILES string of the molecule is CCCN(CCC)C(=NCCCOC)NN. The summed E-state index contributed by atoms with van der Waals surface area (Å²) >= 11 is 0. The predicted octanol–water partition coefficient (Wildman–Crippen LogP) is 0.964. The first-order chi connectivity index (χ1) is 7.79. The Morgan fingerprint density at radius 1 is 1.31 bits per heavy atom. The Balaban J connectivity index is 4.16. The van der Waals surface area contributed by atoms with E-state index in [-0.39, 0.29) is 0 Å². The summed E-state index contributed by atoms with van der Waals surface area (Å²) in [5, 5.41) is 0. The molecule has 0 radical (unpaired) electrons. The van der Waals surface area contributed by atoms with E-state index in [0.717, 1.165) is 51.5 Å². The van der Waals surface area contributed by atoms with Gasteiger partial charge < -0.3 is 9.64 Å². The first-order valence-electron chi connectivity index (χ1n) is 6.05. The Bertz CT molecular complexity index is 179. The van der Waals surface area contributed by atoms with Gasteiger partial charge in [-0.1, -0.05) is 13.8 Å². The predicted molar refractivity (Wildman–Crippen MR) is 68.3 cm³/mol. The summed E-state index contributed by atoms with van der Waals surface area (Å²) in [5.41, 5.74) is 2.68. The van der Waals surface area contributed by atoms with E-state index in [1.807, 2.05) is 0 Å². The average Bonchev–Trinajstić information content (AvgIpc) is 2.29. The van der Waals surface area contributed by atoms with E-state index in [0.29, 0.717) is 0 Å². The largest absolute Gasteiger partial charge is 0.385 e. The van der Waals surface area contributed by atoms with Gasteiger partial charge in [-0.05, 0) is 19.3 Å². The van der Waals surface area contributed by atoms with Crippen molar-refractivity contribution in [3.05, 3.63) is 0 Å². The van der Waals surface area contributed by atoms with E-state index in [2.05, 4.69) is 29.2 Å². The van der Waals surface area contributed by atoms with Gasteiger partial charge in [0.2, 0.25) is 5.96 Å². The fraction of sp³-hybridized carbons (Fsp3) is 0.909. The van der Waals surface area contributed by atoms with Gasteiger partial charge in [0.1, 0.15) is 0 Å². The highest BCUT2D eigenvalue weighted by Crippen LogP contribution is 1.96. The molecule has 0 heterocycles. The third kappa shape index (κ3) is 6.63. The quantitative estimate of drug-likeness (QED) is 0.214. The molecule has 0 aliphatic rings. The first-order valence-corrected chi connectivity index (χ1v) is 6.05. The highest BCUT2D eigenvalue weighted by atomic mass is 16.5. The molecule has 0 aromatic heterocycles. The average molecular weight is 230 g/mol. The zero-order chi connectivity index (χ0) is 12.2. The van der Waals surface area contributed by atoms with Crippen LogP contribution >= 0.6 is 0 Å². The zero-order valence-electron chi connectivity index (χ0n) is 10.8. The minimum absolute atomic E-state index is 0.739. The van der Waals surface area contributed by atoms with Crippen LogP contribution in [0.2, 0.25) is 0 Å². The second kappa shape index (κ2) is 10.7. The summed E-state index contributed by atoms with van der Waals surface area (Å²) in [4.78, 5) is 6.63. The van der Waals surface area contributed by atoms with Gasteiger partial charge in [-0.25, -0.2) is 5.84 Å². The number of nitrogens with two attached hydrogens (primary N) is 1. The van der Waals surface area contributed by atoms with E-state index in [9.17, 15) is 0 Å². The van der Waals surface area contributed by atoms with E-state index >= 15 is 0 Å². The van der Waals surface area contributed by atoms with Gasteiger partial charge in [0.15, 0.2) is 0 Å². The van der Waals surface area contributed by atoms with Crippen LogP contribution in [0.1, 0.15) is 33.1 Å². The van der Waals surface area contributed by atoms with Crippen molar-refractivity contribution in [2.75, 3.05) is 33.4 Å². The molecule has 0 unspecified atom stereocenters. The lowest BCUT2D eigenvalue weighted by molar-refractivity contribution is 0.197. The van der Waals surface area contributed by atoms with Crippen molar-refractivity contribution in [1.29, 1.82) is 0 Å². The number of guanidine groups is 1. The molecule has 0 rings (SSSR count). The molecule has 0 amide bonds. The van der Waals surface area contributed by atoms with Gasteiger partial charge in [0.25, 0.3) is 0 Å². The van der Waals surface area contributed by atoms with Crippen LogP contribution in [0.15, 0.2) is 4.99 Å². The number of ether oxygens (including phenoxy) is 1. The Labute approximate surface area is 99.0 Å². The van der Waals surface area contributed by atoms with Gasteiger partial charge in [0.05, 0.1) is 0 Å². The van der Waals surface area contributed by atoms with Crippen molar-refractivity contribution in [2.24, 2.45) is 10.8 Å². The molecule has 16 heavy (non-hydrogen) atoms. The van der Waals surface area contributed by atoms with Crippen molar-refractivity contribution >= 4 is 5.96 Å². The number of hydrogen-bond donors (Lipinski definition) is 2. The summed E-state index contributed by atoms with van der Waals surface area (Å²) in [6.07, 6.45) is 3.12. The van der Waals surface area contributed by atoms with Crippen LogP contribution in [0.3, 0.4) is 0 Å². The molecule has 0 saturated heterocycles. The minimum atomic E-state index is 0.739. The summed E-state index contributed by atoms with van der Waals surface area (Å²) in [7, 11) is 1.70. The topological polar surface area (TPSA) is 62.9 Å². The highest BCUT2D eigenvalue weighted by molar-refractivity contribution is 5.79. The normalized spacial score (nSPS) is 11.6. The van der Waals surface area contributed by atoms with Gasteiger partial charge in [0, 0.05) is 33.4 Å². The van der Waals surface area contributed by atoms with Gasteiger partial charge in [-0.2, -0.15) is 0 Å². The number of nitrogens with one attached hydrogen (secondary N) is 1. The molecular weight excluding hydrogens is 204 g/mol. The van der Waals surface area contributed by atoms with E-state index < -0.39 is 0 Å². The molecule has 0 aromatic carbocycles. The van der Waals surface area contributed by atoms with Crippen molar-refractivity contribution in [2.45, 2.75) is 33.1 Å². The van der Waals surface area contributed by atoms with Gasteiger partial charge >= 0.3 is 0 Å². The molecular formula is C11H26N4O. The lowest BCUT2D eigenvalue weighted by Gasteiger charge is -2.24. The number of nitrogens with zero attached hydrogens (tertiary/aromatic N) is 2. The number of methoxy groups -OCH3 is 1. The smallest absolute Gasteiger partial charge is 0.208 e. The van der Waals surface area contributed by atoms with Crippen molar-refractivity contribution in [1.82, 2.24) is 10.3 Å². The molecule has 96 valence electrons. The van der Waals surface area contributed by atoms with Crippen LogP contribution < -0.4 is 11.3 Å². The Hall–Kier alpha value is -0.810. The molecule has 0 fully saturated rings. The van der Waals surface area contributed by atoms with Crippen LogP contribution in [-0.4, -0.2) is 44.2 Å². The van der Waals surface area contributed by atoms with E-state index in [1.54, 1.807) is 7.11 Å². The maximum Gasteiger partial charge on any atom is 0.208 e. The lowest BCUT2D eigenvalue weighted by atomic mass is 10.3. The molecule has 0 bridgehead atoms. The fourth-order valence-corrected chi connectivity index (χ4v) is 1.49. The molecule has 0 aromatic rings. The van der Waals surface area contributed by atoms with Crippen molar-refractivity contribution in [3.8, 4) is 0 Å². The Morgan fingerprint density at radius 3 is 2.38 bits per heavy atom. The van der Waals surface area contributed by atoms with Crippen molar-refractivity contribution in [3.63, 3.8) is 0 Å². The Morgan fingerprint density at radius 2 is 1.94 bits per heavy atom. The summed E-state index contributed by atoms with van der Waals surface area (Å²) in [6, 6.07) is 0. The number of aliphatic imine (C=N–C) groups is 1. The molecule has 0 aliphatic carbocycles. The molecule has 0 aliphatic heterocycles. The van der Waals surface area contributed by atoms with Crippen molar-refractivity contribution < 1.29 is 4.74 Å². The van der Waals surface area contributed by atoms with E-state index in [4.69, 9.17) is 10.6 Å². The zero-order valence-corrected chi connectivity index (χ0v) is 10.8. The minimum Gasteiger partial charge on any atom is -0.385 e. The number of hydrazine groups is 1. The Kier molecular flexibility index (Phi) is 10.2. The number of hydrogen-bond acceptors (Lipinski definition) is 3. The second-order valence-corrected chi connectivity index (χ2v) is 3.68. The van der Waals surface area contributed by atoms with Crippen LogP contribution in [-0.2, 0) is 4.74 Å². The monoisotopic (exact) mass is 230 g/mol. The molecule has 5 heteroatoms.